The Hall–Kier alpha value is -0.810. The van der Waals surface area contributed by atoms with Crippen LogP contribution in [0.15, 0.2) is 20.4 Å². The van der Waals surface area contributed by atoms with Gasteiger partial charge >= 0.3 is 0 Å². The highest BCUT2D eigenvalue weighted by Gasteiger charge is 2.20. The molecule has 0 unspecified atom stereocenters. The lowest BCUT2D eigenvalue weighted by molar-refractivity contribution is 0.438. The molecule has 2 aromatic rings. The summed E-state index contributed by atoms with van der Waals surface area (Å²) in [5.41, 5.74) is 7.59. The first-order valence-electron chi connectivity index (χ1n) is 4.59. The molecule has 0 aliphatic rings. The van der Waals surface area contributed by atoms with Crippen LogP contribution in [0.4, 0.5) is 5.88 Å². The van der Waals surface area contributed by atoms with Crippen LogP contribution in [-0.4, -0.2) is 5.16 Å². The number of aromatic nitrogens is 1. The number of hydrogen-bond donors (Lipinski definition) is 1. The Balaban J connectivity index is 2.59. The van der Waals surface area contributed by atoms with E-state index in [1.54, 1.807) is 11.3 Å². The Morgan fingerprint density at radius 2 is 2.27 bits per heavy atom. The molecule has 5 heteroatoms. The number of hydrogen-bond acceptors (Lipinski definition) is 4. The van der Waals surface area contributed by atoms with Crippen LogP contribution in [0.5, 0.6) is 0 Å². The minimum Gasteiger partial charge on any atom is -0.367 e. The molecule has 2 heterocycles. The number of halogens is 1. The zero-order valence-corrected chi connectivity index (χ0v) is 10.9. The van der Waals surface area contributed by atoms with E-state index < -0.39 is 0 Å². The number of nitrogens with zero attached hydrogens (tertiary/aromatic N) is 1. The van der Waals surface area contributed by atoms with E-state index in [1.165, 1.54) is 0 Å². The molecule has 0 aliphatic heterocycles. The molecule has 0 radical (unpaired) electrons. The summed E-state index contributed by atoms with van der Waals surface area (Å²) in [5, 5.41) is 6.03. The van der Waals surface area contributed by atoms with Gasteiger partial charge in [0.25, 0.3) is 0 Å². The van der Waals surface area contributed by atoms with E-state index in [9.17, 15) is 0 Å². The molecule has 0 atom stereocenters. The van der Waals surface area contributed by atoms with E-state index in [2.05, 4.69) is 34.9 Å². The van der Waals surface area contributed by atoms with Gasteiger partial charge in [-0.25, -0.2) is 0 Å². The standard InChI is InChI=1S/C10H11BrN2OS/c1-5(2)7-8(13-14-10(7)12)9-6(11)3-4-15-9/h3-5H,12H2,1-2H3. The summed E-state index contributed by atoms with van der Waals surface area (Å²) in [6.07, 6.45) is 0. The van der Waals surface area contributed by atoms with E-state index in [4.69, 9.17) is 10.3 Å². The van der Waals surface area contributed by atoms with E-state index in [0.29, 0.717) is 11.8 Å². The molecule has 2 aromatic heterocycles. The maximum absolute atomic E-state index is 5.76. The van der Waals surface area contributed by atoms with Crippen LogP contribution in [0.3, 0.4) is 0 Å². The second kappa shape index (κ2) is 3.98. The van der Waals surface area contributed by atoms with Gasteiger partial charge < -0.3 is 10.3 Å². The second-order valence-electron chi connectivity index (χ2n) is 3.56. The highest BCUT2D eigenvalue weighted by atomic mass is 79.9. The highest BCUT2D eigenvalue weighted by Crippen LogP contribution is 2.39. The molecule has 0 saturated carbocycles. The Labute approximate surface area is 100 Å². The summed E-state index contributed by atoms with van der Waals surface area (Å²) >= 11 is 5.11. The van der Waals surface area contributed by atoms with Crippen molar-refractivity contribution in [1.29, 1.82) is 0 Å². The molecule has 80 valence electrons. The molecule has 2 N–H and O–H groups in total. The molecular formula is C10H11BrN2OS. The van der Waals surface area contributed by atoms with E-state index in [-0.39, 0.29) is 0 Å². The summed E-state index contributed by atoms with van der Waals surface area (Å²) in [7, 11) is 0. The highest BCUT2D eigenvalue weighted by molar-refractivity contribution is 9.10. The quantitative estimate of drug-likeness (QED) is 0.912. The van der Waals surface area contributed by atoms with Crippen LogP contribution in [0.2, 0.25) is 0 Å². The smallest absolute Gasteiger partial charge is 0.226 e. The van der Waals surface area contributed by atoms with Gasteiger partial charge in [-0.15, -0.1) is 11.3 Å². The fourth-order valence-corrected chi connectivity index (χ4v) is 3.05. The topological polar surface area (TPSA) is 52.0 Å². The number of rotatable bonds is 2. The molecule has 0 aliphatic carbocycles. The van der Waals surface area contributed by atoms with Crippen molar-refractivity contribution in [3.8, 4) is 10.6 Å². The lowest BCUT2D eigenvalue weighted by Gasteiger charge is -2.03. The summed E-state index contributed by atoms with van der Waals surface area (Å²) in [6.45, 7) is 4.15. The molecule has 0 spiro atoms. The predicted molar refractivity (Wildman–Crippen MR) is 66.0 cm³/mol. The van der Waals surface area contributed by atoms with E-state index in [1.807, 2.05) is 11.4 Å². The third kappa shape index (κ3) is 1.81. The molecule has 15 heavy (non-hydrogen) atoms. The normalized spacial score (nSPS) is 11.2. The summed E-state index contributed by atoms with van der Waals surface area (Å²) in [5.74, 6) is 0.723. The molecule has 3 nitrogen and oxygen atoms in total. The predicted octanol–water partition coefficient (Wildman–Crippen LogP) is 3.87. The van der Waals surface area contributed by atoms with Crippen LogP contribution >= 0.6 is 27.3 Å². The lowest BCUT2D eigenvalue weighted by Crippen LogP contribution is -1.93. The first-order chi connectivity index (χ1) is 7.11. The van der Waals surface area contributed by atoms with Gasteiger partial charge in [0.2, 0.25) is 5.88 Å². The van der Waals surface area contributed by atoms with E-state index in [0.717, 1.165) is 20.6 Å². The van der Waals surface area contributed by atoms with Gasteiger partial charge in [0, 0.05) is 10.0 Å². The summed E-state index contributed by atoms with van der Waals surface area (Å²) < 4.78 is 6.08. The van der Waals surface area contributed by atoms with E-state index >= 15 is 0 Å². The van der Waals surface area contributed by atoms with Gasteiger partial charge in [-0.2, -0.15) is 0 Å². The van der Waals surface area contributed by atoms with Crippen molar-refractivity contribution < 1.29 is 4.52 Å². The Morgan fingerprint density at radius 1 is 1.53 bits per heavy atom. The Bertz CT molecular complexity index is 475. The molecule has 0 amide bonds. The van der Waals surface area contributed by atoms with Gasteiger partial charge in [0.15, 0.2) is 0 Å². The molecule has 0 bridgehead atoms. The molecule has 0 aromatic carbocycles. The third-order valence-corrected chi connectivity index (χ3v) is 4.01. The molecule has 0 fully saturated rings. The van der Waals surface area contributed by atoms with Gasteiger partial charge in [0.05, 0.1) is 4.88 Å². The Kier molecular flexibility index (Phi) is 2.84. The number of nitrogen functional groups attached to an aromatic ring is 1. The van der Waals surface area contributed by atoms with Crippen molar-refractivity contribution in [3.63, 3.8) is 0 Å². The van der Waals surface area contributed by atoms with Crippen molar-refractivity contribution in [3.05, 3.63) is 21.5 Å². The van der Waals surface area contributed by atoms with Crippen molar-refractivity contribution in [2.75, 3.05) is 5.73 Å². The van der Waals surface area contributed by atoms with Gasteiger partial charge in [-0.1, -0.05) is 19.0 Å². The minimum atomic E-state index is 0.306. The average molecular weight is 287 g/mol. The maximum atomic E-state index is 5.76. The van der Waals surface area contributed by atoms with Gasteiger partial charge in [-0.3, -0.25) is 0 Å². The fraction of sp³-hybridized carbons (Fsp3) is 0.300. The molecular weight excluding hydrogens is 276 g/mol. The van der Waals surface area contributed by atoms with Crippen LogP contribution in [0, 0.1) is 0 Å². The van der Waals surface area contributed by atoms with Crippen LogP contribution < -0.4 is 5.73 Å². The number of anilines is 1. The molecule has 0 saturated heterocycles. The average Bonchev–Trinajstić information content (AvgIpc) is 2.71. The van der Waals surface area contributed by atoms with Gasteiger partial charge in [-0.05, 0) is 33.3 Å². The third-order valence-electron chi connectivity index (χ3n) is 2.17. The number of thiophene rings is 1. The van der Waals surface area contributed by atoms with Crippen LogP contribution in [0.1, 0.15) is 25.3 Å². The first-order valence-corrected chi connectivity index (χ1v) is 6.27. The second-order valence-corrected chi connectivity index (χ2v) is 5.33. The summed E-state index contributed by atoms with van der Waals surface area (Å²) in [4.78, 5) is 1.07. The SMILES string of the molecule is CC(C)c1c(-c2sccc2Br)noc1N. The largest absolute Gasteiger partial charge is 0.367 e. The molecule has 2 rings (SSSR count). The zero-order valence-electron chi connectivity index (χ0n) is 8.45. The van der Waals surface area contributed by atoms with Crippen LogP contribution in [-0.2, 0) is 0 Å². The van der Waals surface area contributed by atoms with Crippen molar-refractivity contribution in [2.45, 2.75) is 19.8 Å². The van der Waals surface area contributed by atoms with Gasteiger partial charge in [0.1, 0.15) is 5.69 Å². The maximum Gasteiger partial charge on any atom is 0.226 e. The van der Waals surface area contributed by atoms with Crippen LogP contribution in [0.25, 0.3) is 10.6 Å². The minimum absolute atomic E-state index is 0.306. The number of nitrogens with two attached hydrogens (primary N) is 1. The van der Waals surface area contributed by atoms with Crippen molar-refractivity contribution in [1.82, 2.24) is 5.16 Å². The zero-order chi connectivity index (χ0) is 11.0. The Morgan fingerprint density at radius 3 is 2.80 bits per heavy atom. The fourth-order valence-electron chi connectivity index (χ4n) is 1.49. The van der Waals surface area contributed by atoms with Crippen molar-refractivity contribution in [2.24, 2.45) is 0 Å². The first kappa shape index (κ1) is 10.7. The summed E-state index contributed by atoms with van der Waals surface area (Å²) in [6, 6.07) is 2.00. The van der Waals surface area contributed by atoms with Crippen molar-refractivity contribution >= 4 is 33.2 Å². The monoisotopic (exact) mass is 286 g/mol. The lowest BCUT2D eigenvalue weighted by atomic mass is 10.0.